The summed E-state index contributed by atoms with van der Waals surface area (Å²) in [5.41, 5.74) is 18.2. The van der Waals surface area contributed by atoms with Gasteiger partial charge in [-0.2, -0.15) is 0 Å². The third kappa shape index (κ3) is 6.58. The molecule has 0 aliphatic carbocycles. The van der Waals surface area contributed by atoms with E-state index in [0.717, 1.165) is 0 Å². The summed E-state index contributed by atoms with van der Waals surface area (Å²) in [6.07, 6.45) is -1.18. The third-order valence-electron chi connectivity index (χ3n) is 0.605. The van der Waals surface area contributed by atoms with Gasteiger partial charge >= 0.3 is 12.1 Å². The van der Waals surface area contributed by atoms with Crippen molar-refractivity contribution in [3.8, 4) is 0 Å². The Morgan fingerprint density at radius 1 is 1.23 bits per heavy atom. The van der Waals surface area contributed by atoms with Gasteiger partial charge in [0.15, 0.2) is 5.11 Å². The Labute approximate surface area is 78.0 Å². The van der Waals surface area contributed by atoms with Crippen molar-refractivity contribution in [3.05, 3.63) is 0 Å². The number of nitrogens with one attached hydrogen (secondary N) is 2. The number of urea groups is 1. The van der Waals surface area contributed by atoms with Gasteiger partial charge in [0.1, 0.15) is 0 Å². The van der Waals surface area contributed by atoms with Crippen LogP contribution in [-0.2, 0) is 4.84 Å². The molecule has 0 radical (unpaired) electrons. The van der Waals surface area contributed by atoms with Crippen LogP contribution in [0, 0.1) is 0 Å². The van der Waals surface area contributed by atoms with E-state index < -0.39 is 12.1 Å². The Morgan fingerprint density at radius 3 is 2.08 bits per heavy atom. The first kappa shape index (κ1) is 11.2. The minimum Gasteiger partial charge on any atom is -0.375 e. The predicted molar refractivity (Wildman–Crippen MR) is 45.1 cm³/mol. The fraction of sp³-hybridized carbons (Fsp3) is 0. The summed E-state index contributed by atoms with van der Waals surface area (Å²) < 4.78 is 0. The van der Waals surface area contributed by atoms with Crippen LogP contribution in [0.15, 0.2) is 0 Å². The lowest BCUT2D eigenvalue weighted by Crippen LogP contribution is -2.56. The van der Waals surface area contributed by atoms with Crippen LogP contribution in [0.3, 0.4) is 0 Å². The van der Waals surface area contributed by atoms with Crippen LogP contribution in [0.5, 0.6) is 0 Å². The molecule has 0 rings (SSSR count). The maximum absolute atomic E-state index is 10.3. The van der Waals surface area contributed by atoms with Gasteiger partial charge in [-0.15, -0.1) is 0 Å². The molecular formula is C3H8N6O3S. The van der Waals surface area contributed by atoms with Gasteiger partial charge < -0.3 is 22.0 Å². The van der Waals surface area contributed by atoms with Crippen molar-refractivity contribution in [3.63, 3.8) is 0 Å². The van der Waals surface area contributed by atoms with Gasteiger partial charge in [-0.1, -0.05) is 0 Å². The number of hydrogen-bond donors (Lipinski definition) is 5. The highest BCUT2D eigenvalue weighted by Gasteiger charge is 2.10. The van der Waals surface area contributed by atoms with Gasteiger partial charge in [-0.05, 0) is 12.2 Å². The molecule has 0 spiro atoms. The van der Waals surface area contributed by atoms with Gasteiger partial charge in [0.25, 0.3) is 0 Å². The number of nitrogens with two attached hydrogens (primary N) is 3. The molecule has 0 unspecified atom stereocenters. The van der Waals surface area contributed by atoms with Crippen LogP contribution in [0.1, 0.15) is 0 Å². The minimum atomic E-state index is -1.18. The zero-order valence-electron chi connectivity index (χ0n) is 6.31. The smallest absolute Gasteiger partial charge is 0.375 e. The monoisotopic (exact) mass is 208 g/mol. The molecular weight excluding hydrogens is 200 g/mol. The molecule has 0 saturated carbocycles. The van der Waals surface area contributed by atoms with E-state index in [-0.39, 0.29) is 5.11 Å². The highest BCUT2D eigenvalue weighted by Crippen LogP contribution is 1.78. The molecule has 0 aromatic heterocycles. The Bertz CT molecular complexity index is 193. The summed E-state index contributed by atoms with van der Waals surface area (Å²) in [6, 6.07) is -0.995. The summed E-state index contributed by atoms with van der Waals surface area (Å²) in [4.78, 5) is 24.7. The van der Waals surface area contributed by atoms with Crippen molar-refractivity contribution >= 4 is 29.5 Å². The van der Waals surface area contributed by atoms with Crippen molar-refractivity contribution in [2.45, 2.75) is 0 Å². The molecule has 0 bridgehead atoms. The minimum absolute atomic E-state index is 0.255. The fourth-order valence-electron chi connectivity index (χ4n) is 0.364. The molecule has 0 aromatic carbocycles. The van der Waals surface area contributed by atoms with E-state index in [9.17, 15) is 9.59 Å². The molecule has 0 heterocycles. The molecule has 0 aliphatic heterocycles. The third-order valence-corrected chi connectivity index (χ3v) is 0.696. The molecule has 0 fully saturated rings. The van der Waals surface area contributed by atoms with Crippen molar-refractivity contribution in [1.82, 2.24) is 16.1 Å². The van der Waals surface area contributed by atoms with Crippen LogP contribution in [0.4, 0.5) is 9.59 Å². The SMILES string of the molecule is NC(=O)NN(NC(N)=S)OC(N)=O. The molecule has 10 heteroatoms. The first-order valence-corrected chi connectivity index (χ1v) is 3.22. The Morgan fingerprint density at radius 2 is 1.77 bits per heavy atom. The van der Waals surface area contributed by atoms with E-state index in [0.29, 0.717) is 5.28 Å². The highest BCUT2D eigenvalue weighted by atomic mass is 32.1. The lowest BCUT2D eigenvalue weighted by Gasteiger charge is -2.18. The van der Waals surface area contributed by atoms with Gasteiger partial charge in [-0.3, -0.25) is 0 Å². The molecule has 0 atom stereocenters. The molecule has 13 heavy (non-hydrogen) atoms. The van der Waals surface area contributed by atoms with Crippen LogP contribution in [0.2, 0.25) is 0 Å². The maximum Gasteiger partial charge on any atom is 0.426 e. The number of thiocarbonyl (C=S) groups is 1. The van der Waals surface area contributed by atoms with Gasteiger partial charge in [0.05, 0.1) is 5.28 Å². The van der Waals surface area contributed by atoms with E-state index in [4.69, 9.17) is 11.5 Å². The number of hydrazine groups is 2. The average Bonchev–Trinajstić information content (AvgIpc) is 1.80. The first-order chi connectivity index (χ1) is 5.91. The first-order valence-electron chi connectivity index (χ1n) is 2.81. The standard InChI is InChI=1S/C3H8N6O3S/c4-1(10)7-9(8-2(5)13)12-3(6)11/h(H2,6,11)(H3,4,7,10)(H3,5,8,13). The maximum atomic E-state index is 10.3. The zero-order chi connectivity index (χ0) is 10.4. The second-order valence-corrected chi connectivity index (χ2v) is 2.10. The van der Waals surface area contributed by atoms with Crippen LogP contribution >= 0.6 is 12.2 Å². The van der Waals surface area contributed by atoms with E-state index >= 15 is 0 Å². The molecule has 3 amide bonds. The number of carbonyl (C=O) groups excluding carboxylic acids is 2. The predicted octanol–water partition coefficient (Wildman–Crippen LogP) is -2.37. The Hall–Kier alpha value is -1.81. The van der Waals surface area contributed by atoms with E-state index in [1.807, 2.05) is 5.43 Å². The number of rotatable bonds is 3. The largest absolute Gasteiger partial charge is 0.426 e. The van der Waals surface area contributed by atoms with Gasteiger partial charge in [0.2, 0.25) is 0 Å². The zero-order valence-corrected chi connectivity index (χ0v) is 7.13. The van der Waals surface area contributed by atoms with Crippen molar-refractivity contribution in [2.24, 2.45) is 17.2 Å². The summed E-state index contributed by atoms with van der Waals surface area (Å²) in [5, 5.41) is 0.127. The van der Waals surface area contributed by atoms with Gasteiger partial charge in [0, 0.05) is 0 Å². The average molecular weight is 208 g/mol. The molecule has 74 valence electrons. The van der Waals surface area contributed by atoms with Crippen LogP contribution in [-0.4, -0.2) is 22.5 Å². The summed E-state index contributed by atoms with van der Waals surface area (Å²) in [6.45, 7) is 0. The van der Waals surface area contributed by atoms with Crippen molar-refractivity contribution in [1.29, 1.82) is 0 Å². The summed E-state index contributed by atoms with van der Waals surface area (Å²) in [5.74, 6) is 0. The lowest BCUT2D eigenvalue weighted by molar-refractivity contribution is -0.148. The Balaban J connectivity index is 4.10. The number of carbonyl (C=O) groups is 2. The van der Waals surface area contributed by atoms with E-state index in [1.165, 1.54) is 0 Å². The second kappa shape index (κ2) is 4.95. The number of hydrogen-bond acceptors (Lipinski definition) is 5. The molecule has 9 nitrogen and oxygen atoms in total. The molecule has 0 aliphatic rings. The number of nitrogens with zero attached hydrogens (tertiary/aromatic N) is 1. The topological polar surface area (TPSA) is 149 Å². The normalized spacial score (nSPS) is 9.00. The number of amides is 3. The molecule has 8 N–H and O–H groups in total. The Kier molecular flexibility index (Phi) is 4.26. The summed E-state index contributed by atoms with van der Waals surface area (Å²) in [7, 11) is 0. The van der Waals surface area contributed by atoms with Gasteiger partial charge in [-0.25, -0.2) is 20.4 Å². The van der Waals surface area contributed by atoms with Crippen molar-refractivity contribution in [2.75, 3.05) is 0 Å². The highest BCUT2D eigenvalue weighted by molar-refractivity contribution is 7.80. The molecule has 0 aromatic rings. The molecule has 0 saturated heterocycles. The van der Waals surface area contributed by atoms with Crippen LogP contribution in [0.25, 0.3) is 0 Å². The van der Waals surface area contributed by atoms with Crippen molar-refractivity contribution < 1.29 is 14.4 Å². The van der Waals surface area contributed by atoms with Crippen LogP contribution < -0.4 is 28.1 Å². The second-order valence-electron chi connectivity index (χ2n) is 1.66. The fourth-order valence-corrected chi connectivity index (χ4v) is 0.447. The number of primary amides is 2. The van der Waals surface area contributed by atoms with E-state index in [1.54, 1.807) is 0 Å². The van der Waals surface area contributed by atoms with E-state index in [2.05, 4.69) is 28.2 Å². The quantitative estimate of drug-likeness (QED) is 0.257. The lowest BCUT2D eigenvalue weighted by atomic mass is 11.1. The summed E-state index contributed by atoms with van der Waals surface area (Å²) >= 11 is 4.38.